The fourth-order valence-electron chi connectivity index (χ4n) is 2.89. The van der Waals surface area contributed by atoms with Crippen LogP contribution in [-0.2, 0) is 19.3 Å². The summed E-state index contributed by atoms with van der Waals surface area (Å²) >= 11 is 0. The van der Waals surface area contributed by atoms with E-state index < -0.39 is 0 Å². The molecule has 112 valence electrons. The molecule has 1 fully saturated rings. The van der Waals surface area contributed by atoms with Crippen molar-refractivity contribution in [3.63, 3.8) is 0 Å². The van der Waals surface area contributed by atoms with Crippen LogP contribution in [0, 0.1) is 5.92 Å². The predicted octanol–water partition coefficient (Wildman–Crippen LogP) is 4.52. The van der Waals surface area contributed by atoms with Gasteiger partial charge in [0.25, 0.3) is 0 Å². The predicted molar refractivity (Wildman–Crippen MR) is 88.3 cm³/mol. The summed E-state index contributed by atoms with van der Waals surface area (Å²) in [5.74, 6) is 0.831. The van der Waals surface area contributed by atoms with Gasteiger partial charge in [0, 0.05) is 6.04 Å². The van der Waals surface area contributed by atoms with Crippen LogP contribution in [0.2, 0.25) is 0 Å². The molecule has 0 heterocycles. The maximum Gasteiger partial charge on any atom is 0.00682 e. The molecule has 1 aliphatic carbocycles. The maximum atomic E-state index is 3.62. The van der Waals surface area contributed by atoms with Crippen LogP contribution in [0.5, 0.6) is 0 Å². The molecule has 0 aromatic heterocycles. The molecule has 20 heavy (non-hydrogen) atoms. The summed E-state index contributed by atoms with van der Waals surface area (Å²) in [7, 11) is 0. The zero-order valence-electron chi connectivity index (χ0n) is 13.5. The first-order chi connectivity index (χ1) is 9.72. The lowest BCUT2D eigenvalue weighted by Crippen LogP contribution is -2.19. The summed E-state index contributed by atoms with van der Waals surface area (Å²) in [6.07, 6.45) is 9.01. The van der Waals surface area contributed by atoms with Crippen molar-refractivity contribution < 1.29 is 0 Å². The molecule has 1 aliphatic rings. The van der Waals surface area contributed by atoms with Crippen molar-refractivity contribution in [1.82, 2.24) is 5.32 Å². The Bertz CT molecular complexity index is 406. The Kier molecular flexibility index (Phi) is 6.09. The van der Waals surface area contributed by atoms with Crippen molar-refractivity contribution in [3.8, 4) is 0 Å². The highest BCUT2D eigenvalue weighted by atomic mass is 14.9. The maximum absolute atomic E-state index is 3.62. The molecular formula is C19H31N. The van der Waals surface area contributed by atoms with Gasteiger partial charge < -0.3 is 5.32 Å². The smallest absolute Gasteiger partial charge is 0.00682 e. The summed E-state index contributed by atoms with van der Waals surface area (Å²) in [5.41, 5.74) is 4.60. The molecule has 1 aromatic rings. The van der Waals surface area contributed by atoms with Crippen LogP contribution < -0.4 is 5.32 Å². The van der Waals surface area contributed by atoms with E-state index in [0.717, 1.165) is 24.8 Å². The van der Waals surface area contributed by atoms with Gasteiger partial charge in [-0.05, 0) is 74.1 Å². The Balaban J connectivity index is 1.74. The number of nitrogens with one attached hydrogen (secondary N) is 1. The second kappa shape index (κ2) is 7.83. The standard InChI is InChI=1S/C19H31N/c1-4-17-9-8-16(14-18(17)5-2)7-6-15(3)12-13-20-19-10-11-19/h8-9,14-15,19-20H,4-7,10-13H2,1-3H3. The zero-order chi connectivity index (χ0) is 14.4. The van der Waals surface area contributed by atoms with Crippen molar-refractivity contribution in [1.29, 1.82) is 0 Å². The van der Waals surface area contributed by atoms with Gasteiger partial charge in [-0.2, -0.15) is 0 Å². The van der Waals surface area contributed by atoms with Gasteiger partial charge in [-0.15, -0.1) is 0 Å². The summed E-state index contributed by atoms with van der Waals surface area (Å²) < 4.78 is 0. The van der Waals surface area contributed by atoms with Gasteiger partial charge >= 0.3 is 0 Å². The first kappa shape index (κ1) is 15.6. The average Bonchev–Trinajstić information content (AvgIpc) is 3.29. The summed E-state index contributed by atoms with van der Waals surface area (Å²) in [6.45, 7) is 8.13. The van der Waals surface area contributed by atoms with Crippen molar-refractivity contribution in [3.05, 3.63) is 34.9 Å². The van der Waals surface area contributed by atoms with Crippen LogP contribution in [0.4, 0.5) is 0 Å². The molecule has 1 atom stereocenters. The summed E-state index contributed by atoms with van der Waals surface area (Å²) in [5, 5.41) is 3.62. The van der Waals surface area contributed by atoms with Crippen LogP contribution in [0.15, 0.2) is 18.2 Å². The fraction of sp³-hybridized carbons (Fsp3) is 0.684. The number of aryl methyl sites for hydroxylation is 3. The van der Waals surface area contributed by atoms with Gasteiger partial charge in [-0.1, -0.05) is 39.0 Å². The summed E-state index contributed by atoms with van der Waals surface area (Å²) in [6, 6.07) is 7.98. The number of rotatable bonds is 9. The molecule has 1 N–H and O–H groups in total. The SMILES string of the molecule is CCc1ccc(CCC(C)CCNC2CC2)cc1CC. The molecule has 0 saturated heterocycles. The van der Waals surface area contributed by atoms with Crippen molar-refractivity contribution in [2.45, 2.75) is 71.8 Å². The van der Waals surface area contributed by atoms with E-state index in [4.69, 9.17) is 0 Å². The Labute approximate surface area is 125 Å². The average molecular weight is 273 g/mol. The van der Waals surface area contributed by atoms with Gasteiger partial charge in [-0.3, -0.25) is 0 Å². The molecule has 0 amide bonds. The minimum Gasteiger partial charge on any atom is -0.314 e. The van der Waals surface area contributed by atoms with Gasteiger partial charge in [0.05, 0.1) is 0 Å². The third kappa shape index (κ3) is 4.94. The third-order valence-corrected chi connectivity index (χ3v) is 4.61. The molecule has 0 radical (unpaired) electrons. The number of benzene rings is 1. The molecule has 1 nitrogen and oxygen atoms in total. The van der Waals surface area contributed by atoms with Crippen LogP contribution >= 0.6 is 0 Å². The fourth-order valence-corrected chi connectivity index (χ4v) is 2.89. The van der Waals surface area contributed by atoms with Crippen LogP contribution in [0.25, 0.3) is 0 Å². The van der Waals surface area contributed by atoms with Gasteiger partial charge in [0.1, 0.15) is 0 Å². The lowest BCUT2D eigenvalue weighted by molar-refractivity contribution is 0.469. The van der Waals surface area contributed by atoms with Crippen molar-refractivity contribution >= 4 is 0 Å². The van der Waals surface area contributed by atoms with E-state index in [1.807, 2.05) is 0 Å². The van der Waals surface area contributed by atoms with E-state index >= 15 is 0 Å². The zero-order valence-corrected chi connectivity index (χ0v) is 13.5. The highest BCUT2D eigenvalue weighted by molar-refractivity contribution is 5.32. The van der Waals surface area contributed by atoms with E-state index in [-0.39, 0.29) is 0 Å². The Morgan fingerprint density at radius 2 is 1.85 bits per heavy atom. The highest BCUT2D eigenvalue weighted by Gasteiger charge is 2.19. The van der Waals surface area contributed by atoms with Gasteiger partial charge in [-0.25, -0.2) is 0 Å². The molecule has 0 spiro atoms. The first-order valence-corrected chi connectivity index (χ1v) is 8.57. The molecular weight excluding hydrogens is 242 g/mol. The van der Waals surface area contributed by atoms with Crippen LogP contribution in [-0.4, -0.2) is 12.6 Å². The minimum absolute atomic E-state index is 0.831. The molecule has 0 bridgehead atoms. The quantitative estimate of drug-likeness (QED) is 0.697. The molecule has 1 saturated carbocycles. The lowest BCUT2D eigenvalue weighted by atomic mass is 9.94. The Morgan fingerprint density at radius 1 is 1.10 bits per heavy atom. The minimum atomic E-state index is 0.831. The Hall–Kier alpha value is -0.820. The van der Waals surface area contributed by atoms with E-state index in [1.165, 1.54) is 49.8 Å². The number of hydrogen-bond donors (Lipinski definition) is 1. The largest absolute Gasteiger partial charge is 0.314 e. The van der Waals surface area contributed by atoms with Gasteiger partial charge in [0.2, 0.25) is 0 Å². The normalized spacial score (nSPS) is 16.4. The Morgan fingerprint density at radius 3 is 2.50 bits per heavy atom. The number of hydrogen-bond acceptors (Lipinski definition) is 1. The van der Waals surface area contributed by atoms with Crippen LogP contribution in [0.3, 0.4) is 0 Å². The topological polar surface area (TPSA) is 12.0 Å². The second-order valence-corrected chi connectivity index (χ2v) is 6.47. The molecule has 0 aliphatic heterocycles. The van der Waals surface area contributed by atoms with E-state index in [0.29, 0.717) is 0 Å². The van der Waals surface area contributed by atoms with E-state index in [9.17, 15) is 0 Å². The van der Waals surface area contributed by atoms with Crippen LogP contribution in [0.1, 0.15) is 63.1 Å². The van der Waals surface area contributed by atoms with Gasteiger partial charge in [0.15, 0.2) is 0 Å². The molecule has 2 rings (SSSR count). The van der Waals surface area contributed by atoms with E-state index in [1.54, 1.807) is 5.56 Å². The molecule has 1 aromatic carbocycles. The third-order valence-electron chi connectivity index (χ3n) is 4.61. The van der Waals surface area contributed by atoms with E-state index in [2.05, 4.69) is 44.3 Å². The van der Waals surface area contributed by atoms with Crippen molar-refractivity contribution in [2.75, 3.05) is 6.54 Å². The molecule has 1 unspecified atom stereocenters. The highest BCUT2D eigenvalue weighted by Crippen LogP contribution is 2.20. The van der Waals surface area contributed by atoms with Crippen molar-refractivity contribution in [2.24, 2.45) is 5.92 Å². The second-order valence-electron chi connectivity index (χ2n) is 6.47. The summed E-state index contributed by atoms with van der Waals surface area (Å²) in [4.78, 5) is 0. The lowest BCUT2D eigenvalue weighted by Gasteiger charge is -2.13. The first-order valence-electron chi connectivity index (χ1n) is 8.57. The monoisotopic (exact) mass is 273 g/mol. The molecule has 1 heteroatoms.